The smallest absolute Gasteiger partial charge is 0.263 e. The van der Waals surface area contributed by atoms with Gasteiger partial charge in [0.05, 0.1) is 24.9 Å². The number of ether oxygens (including phenoxy) is 1. The van der Waals surface area contributed by atoms with Crippen LogP contribution in [0, 0.1) is 6.92 Å². The summed E-state index contributed by atoms with van der Waals surface area (Å²) in [5, 5.41) is 2.88. The third-order valence-corrected chi connectivity index (χ3v) is 6.27. The number of pyridine rings is 1. The van der Waals surface area contributed by atoms with E-state index in [-0.39, 0.29) is 23.1 Å². The molecule has 0 radical (unpaired) electrons. The van der Waals surface area contributed by atoms with E-state index in [2.05, 4.69) is 4.98 Å². The molecule has 7 heteroatoms. The molecule has 0 N–H and O–H groups in total. The molecule has 6 nitrogen and oxygen atoms in total. The normalized spacial score (nSPS) is 16.0. The third kappa shape index (κ3) is 4.37. The Labute approximate surface area is 179 Å². The van der Waals surface area contributed by atoms with E-state index >= 15 is 0 Å². The quantitative estimate of drug-likeness (QED) is 0.606. The second kappa shape index (κ2) is 8.93. The first kappa shape index (κ1) is 20.5. The first-order valence-electron chi connectivity index (χ1n) is 10.1. The van der Waals surface area contributed by atoms with Gasteiger partial charge >= 0.3 is 0 Å². The van der Waals surface area contributed by atoms with Crippen molar-refractivity contribution in [2.45, 2.75) is 39.0 Å². The fourth-order valence-electron chi connectivity index (χ4n) is 3.68. The standard InChI is InChI=1S/C23H25N3O3S/c1-16-10-11-26(14-19-9-6-12-29-19)23(28)20(16)22(27)25(2)13-18-15-30-21(24-18)17-7-4-3-5-8-17/h3-5,7-8,10-11,15,19H,6,9,12-14H2,1-2H3. The lowest BCUT2D eigenvalue weighted by atomic mass is 10.1. The summed E-state index contributed by atoms with van der Waals surface area (Å²) in [5.74, 6) is -0.284. The van der Waals surface area contributed by atoms with Crippen LogP contribution in [0.1, 0.15) is 34.5 Å². The number of carbonyl (C=O) groups is 1. The predicted molar refractivity (Wildman–Crippen MR) is 118 cm³/mol. The maximum absolute atomic E-state index is 13.1. The number of thiazole rings is 1. The lowest BCUT2D eigenvalue weighted by Crippen LogP contribution is -2.36. The maximum atomic E-state index is 13.1. The summed E-state index contributed by atoms with van der Waals surface area (Å²) in [4.78, 5) is 32.3. The summed E-state index contributed by atoms with van der Waals surface area (Å²) in [6.07, 6.45) is 3.75. The van der Waals surface area contributed by atoms with E-state index in [0.29, 0.717) is 18.7 Å². The van der Waals surface area contributed by atoms with E-state index in [1.165, 1.54) is 0 Å². The molecular weight excluding hydrogens is 398 g/mol. The van der Waals surface area contributed by atoms with Gasteiger partial charge in [0.15, 0.2) is 0 Å². The van der Waals surface area contributed by atoms with Gasteiger partial charge in [-0.05, 0) is 31.4 Å². The highest BCUT2D eigenvalue weighted by Crippen LogP contribution is 2.24. The number of rotatable bonds is 6. The zero-order chi connectivity index (χ0) is 21.1. The highest BCUT2D eigenvalue weighted by atomic mass is 32.1. The van der Waals surface area contributed by atoms with E-state index in [0.717, 1.165) is 35.7 Å². The van der Waals surface area contributed by atoms with Gasteiger partial charge in [-0.1, -0.05) is 30.3 Å². The lowest BCUT2D eigenvalue weighted by molar-refractivity contribution is 0.0776. The van der Waals surface area contributed by atoms with Crippen LogP contribution in [0.15, 0.2) is 52.8 Å². The Balaban J connectivity index is 1.51. The van der Waals surface area contributed by atoms with Gasteiger partial charge in [-0.25, -0.2) is 4.98 Å². The van der Waals surface area contributed by atoms with Crippen molar-refractivity contribution in [2.24, 2.45) is 0 Å². The molecule has 156 valence electrons. The molecule has 0 spiro atoms. The lowest BCUT2D eigenvalue weighted by Gasteiger charge is -2.19. The molecule has 1 atom stereocenters. The molecular formula is C23H25N3O3S. The minimum atomic E-state index is -0.284. The number of aromatic nitrogens is 2. The molecule has 1 fully saturated rings. The minimum absolute atomic E-state index is 0.0394. The number of nitrogens with zero attached hydrogens (tertiary/aromatic N) is 3. The number of amides is 1. The van der Waals surface area contributed by atoms with E-state index in [1.54, 1.807) is 41.0 Å². The molecule has 1 aromatic carbocycles. The maximum Gasteiger partial charge on any atom is 0.263 e. The Morgan fingerprint density at radius 3 is 2.83 bits per heavy atom. The van der Waals surface area contributed by atoms with E-state index in [9.17, 15) is 9.59 Å². The van der Waals surface area contributed by atoms with Crippen LogP contribution in [-0.2, 0) is 17.8 Å². The van der Waals surface area contributed by atoms with Gasteiger partial charge in [-0.2, -0.15) is 0 Å². The van der Waals surface area contributed by atoms with Crippen molar-refractivity contribution in [3.8, 4) is 10.6 Å². The fourth-order valence-corrected chi connectivity index (χ4v) is 4.49. The van der Waals surface area contributed by atoms with Crippen LogP contribution >= 0.6 is 11.3 Å². The second-order valence-electron chi connectivity index (χ2n) is 7.64. The monoisotopic (exact) mass is 423 g/mol. The molecule has 3 aromatic rings. The summed E-state index contributed by atoms with van der Waals surface area (Å²) >= 11 is 1.55. The molecule has 4 rings (SSSR count). The van der Waals surface area contributed by atoms with Crippen LogP contribution in [-0.4, -0.2) is 40.1 Å². The first-order chi connectivity index (χ1) is 14.5. The van der Waals surface area contributed by atoms with Crippen molar-refractivity contribution in [1.29, 1.82) is 0 Å². The first-order valence-corrected chi connectivity index (χ1v) is 11.0. The molecule has 3 heterocycles. The Hall–Kier alpha value is -2.77. The summed E-state index contributed by atoms with van der Waals surface area (Å²) in [5.41, 5.74) is 2.51. The minimum Gasteiger partial charge on any atom is -0.376 e. The molecule has 1 aliphatic heterocycles. The molecule has 30 heavy (non-hydrogen) atoms. The highest BCUT2D eigenvalue weighted by molar-refractivity contribution is 7.13. The van der Waals surface area contributed by atoms with Gasteiger partial charge in [0.2, 0.25) is 0 Å². The molecule has 1 aliphatic rings. The van der Waals surface area contributed by atoms with Crippen LogP contribution in [0.3, 0.4) is 0 Å². The van der Waals surface area contributed by atoms with Crippen LogP contribution in [0.5, 0.6) is 0 Å². The Morgan fingerprint density at radius 2 is 2.10 bits per heavy atom. The zero-order valence-corrected chi connectivity index (χ0v) is 18.0. The number of hydrogen-bond donors (Lipinski definition) is 0. The van der Waals surface area contributed by atoms with E-state index < -0.39 is 0 Å². The summed E-state index contributed by atoms with van der Waals surface area (Å²) in [7, 11) is 1.71. The van der Waals surface area contributed by atoms with Crippen LogP contribution in [0.4, 0.5) is 0 Å². The van der Waals surface area contributed by atoms with Crippen molar-refractivity contribution in [2.75, 3.05) is 13.7 Å². The summed E-state index contributed by atoms with van der Waals surface area (Å²) < 4.78 is 7.24. The van der Waals surface area contributed by atoms with Gasteiger partial charge in [0.1, 0.15) is 10.6 Å². The van der Waals surface area contributed by atoms with Gasteiger partial charge in [0.25, 0.3) is 11.5 Å². The van der Waals surface area contributed by atoms with Gasteiger partial charge in [-0.3, -0.25) is 9.59 Å². The Morgan fingerprint density at radius 1 is 1.30 bits per heavy atom. The van der Waals surface area contributed by atoms with Gasteiger partial charge < -0.3 is 14.2 Å². The van der Waals surface area contributed by atoms with E-state index in [1.807, 2.05) is 41.8 Å². The third-order valence-electron chi connectivity index (χ3n) is 5.33. The van der Waals surface area contributed by atoms with E-state index in [4.69, 9.17) is 4.74 Å². The average Bonchev–Trinajstić information content (AvgIpc) is 3.43. The van der Waals surface area contributed by atoms with Crippen molar-refractivity contribution in [3.63, 3.8) is 0 Å². The molecule has 1 amide bonds. The summed E-state index contributed by atoms with van der Waals surface area (Å²) in [6.45, 7) is 3.37. The fraction of sp³-hybridized carbons (Fsp3) is 0.348. The molecule has 0 saturated carbocycles. The van der Waals surface area contributed by atoms with Crippen LogP contribution in [0.2, 0.25) is 0 Å². The molecule has 1 saturated heterocycles. The largest absolute Gasteiger partial charge is 0.376 e. The topological polar surface area (TPSA) is 64.4 Å². The molecule has 0 bridgehead atoms. The molecule has 2 aromatic heterocycles. The summed E-state index contributed by atoms with van der Waals surface area (Å²) in [6, 6.07) is 11.8. The number of benzene rings is 1. The Kier molecular flexibility index (Phi) is 6.11. The predicted octanol–water partition coefficient (Wildman–Crippen LogP) is 3.73. The van der Waals surface area contributed by atoms with Crippen LogP contribution in [0.25, 0.3) is 10.6 Å². The molecule has 1 unspecified atom stereocenters. The van der Waals surface area contributed by atoms with Gasteiger partial charge in [-0.15, -0.1) is 11.3 Å². The average molecular weight is 424 g/mol. The second-order valence-corrected chi connectivity index (χ2v) is 8.50. The number of hydrogen-bond acceptors (Lipinski definition) is 5. The van der Waals surface area contributed by atoms with Crippen molar-refractivity contribution >= 4 is 17.2 Å². The molecule has 0 aliphatic carbocycles. The van der Waals surface area contributed by atoms with Crippen molar-refractivity contribution in [3.05, 3.63) is 75.1 Å². The Bertz CT molecular complexity index is 1080. The van der Waals surface area contributed by atoms with Gasteiger partial charge in [0, 0.05) is 30.8 Å². The zero-order valence-electron chi connectivity index (χ0n) is 17.2. The van der Waals surface area contributed by atoms with Crippen molar-refractivity contribution in [1.82, 2.24) is 14.5 Å². The SMILES string of the molecule is Cc1ccn(CC2CCCO2)c(=O)c1C(=O)N(C)Cc1csc(-c2ccccc2)n1. The number of carbonyl (C=O) groups excluding carboxylic acids is 1. The van der Waals surface area contributed by atoms with Crippen molar-refractivity contribution < 1.29 is 9.53 Å². The van der Waals surface area contributed by atoms with Crippen LogP contribution < -0.4 is 5.56 Å². The highest BCUT2D eigenvalue weighted by Gasteiger charge is 2.23. The number of aryl methyl sites for hydroxylation is 1.